The van der Waals surface area contributed by atoms with Crippen LogP contribution in [0.3, 0.4) is 0 Å². The highest BCUT2D eigenvalue weighted by Crippen LogP contribution is 2.37. The van der Waals surface area contributed by atoms with Crippen molar-refractivity contribution in [3.63, 3.8) is 0 Å². The van der Waals surface area contributed by atoms with Crippen LogP contribution in [0.25, 0.3) is 6.08 Å². The van der Waals surface area contributed by atoms with E-state index in [9.17, 15) is 4.79 Å². The number of ether oxygens (including phenoxy) is 2. The molecule has 0 aromatic heterocycles. The van der Waals surface area contributed by atoms with Crippen LogP contribution >= 0.6 is 15.9 Å². The van der Waals surface area contributed by atoms with E-state index in [0.29, 0.717) is 23.7 Å². The number of halogens is 1. The zero-order chi connectivity index (χ0) is 13.7. The molecule has 0 unspecified atom stereocenters. The third-order valence-electron chi connectivity index (χ3n) is 2.48. The zero-order valence-corrected chi connectivity index (χ0v) is 12.6. The Hall–Kier alpha value is -1.29. The van der Waals surface area contributed by atoms with Gasteiger partial charge in [-0.1, -0.05) is 0 Å². The number of ketones is 1. The summed E-state index contributed by atoms with van der Waals surface area (Å²) < 4.78 is 11.6. The number of Topliss-reactive ketones (excluding diaryl/α,β-unsaturated/α-hetero) is 1. The van der Waals surface area contributed by atoms with E-state index < -0.39 is 0 Å². The minimum absolute atomic E-state index is 0.0546. The molecule has 0 bridgehead atoms. The Kier molecular flexibility index (Phi) is 5.41. The highest BCUT2D eigenvalue weighted by molar-refractivity contribution is 9.10. The van der Waals surface area contributed by atoms with Crippen molar-refractivity contribution in [1.82, 2.24) is 0 Å². The van der Waals surface area contributed by atoms with E-state index in [4.69, 9.17) is 9.47 Å². The van der Waals surface area contributed by atoms with Gasteiger partial charge in [0.05, 0.1) is 18.2 Å². The molecule has 0 fully saturated rings. The number of carbonyl (C=O) groups is 1. The summed E-state index contributed by atoms with van der Waals surface area (Å²) in [7, 11) is 1.59. The van der Waals surface area contributed by atoms with Gasteiger partial charge >= 0.3 is 0 Å². The van der Waals surface area contributed by atoms with Crippen molar-refractivity contribution in [2.75, 3.05) is 13.7 Å². The molecule has 0 saturated heterocycles. The molecule has 0 amide bonds. The summed E-state index contributed by atoms with van der Waals surface area (Å²) in [6.45, 7) is 5.82. The van der Waals surface area contributed by atoms with Crippen LogP contribution < -0.4 is 9.47 Å². The Morgan fingerprint density at radius 2 is 2.06 bits per heavy atom. The number of hydrogen-bond acceptors (Lipinski definition) is 3. The van der Waals surface area contributed by atoms with Crippen LogP contribution in [-0.4, -0.2) is 19.5 Å². The van der Waals surface area contributed by atoms with Gasteiger partial charge in [-0.25, -0.2) is 0 Å². The predicted molar refractivity (Wildman–Crippen MR) is 76.2 cm³/mol. The lowest BCUT2D eigenvalue weighted by Gasteiger charge is -2.12. The molecule has 0 aliphatic rings. The van der Waals surface area contributed by atoms with Crippen molar-refractivity contribution < 1.29 is 14.3 Å². The first-order valence-electron chi connectivity index (χ1n) is 5.69. The third kappa shape index (κ3) is 3.60. The van der Waals surface area contributed by atoms with Crippen molar-refractivity contribution in [3.8, 4) is 11.5 Å². The maximum Gasteiger partial charge on any atom is 0.175 e. The summed E-state index contributed by atoms with van der Waals surface area (Å²) >= 11 is 3.45. The van der Waals surface area contributed by atoms with Gasteiger partial charge in [0, 0.05) is 0 Å². The largest absolute Gasteiger partial charge is 0.493 e. The molecule has 1 aromatic rings. The molecule has 0 saturated carbocycles. The monoisotopic (exact) mass is 312 g/mol. The summed E-state index contributed by atoms with van der Waals surface area (Å²) in [5.41, 5.74) is 1.60. The number of methoxy groups -OCH3 is 1. The molecule has 0 atom stereocenters. The Labute approximate surface area is 116 Å². The van der Waals surface area contributed by atoms with E-state index in [-0.39, 0.29) is 5.78 Å². The smallest absolute Gasteiger partial charge is 0.175 e. The fraction of sp³-hybridized carbons (Fsp3) is 0.357. The third-order valence-corrected chi connectivity index (χ3v) is 3.07. The molecule has 18 heavy (non-hydrogen) atoms. The van der Waals surface area contributed by atoms with E-state index in [1.54, 1.807) is 21.0 Å². The van der Waals surface area contributed by atoms with Gasteiger partial charge in [0.15, 0.2) is 17.3 Å². The number of rotatable bonds is 5. The summed E-state index contributed by atoms with van der Waals surface area (Å²) in [6.07, 6.45) is 1.82. The average Bonchev–Trinajstić information content (AvgIpc) is 2.32. The lowest BCUT2D eigenvalue weighted by Crippen LogP contribution is -1.97. The first kappa shape index (κ1) is 14.8. The highest BCUT2D eigenvalue weighted by atomic mass is 79.9. The van der Waals surface area contributed by atoms with Crippen molar-refractivity contribution >= 4 is 27.8 Å². The van der Waals surface area contributed by atoms with Gasteiger partial charge in [-0.15, -0.1) is 0 Å². The molecule has 0 spiro atoms. The van der Waals surface area contributed by atoms with E-state index in [1.165, 1.54) is 0 Å². The Bertz CT molecular complexity index is 478. The highest BCUT2D eigenvalue weighted by Gasteiger charge is 2.10. The minimum atomic E-state index is 0.0546. The van der Waals surface area contributed by atoms with Crippen molar-refractivity contribution in [2.45, 2.75) is 20.8 Å². The van der Waals surface area contributed by atoms with Crippen LogP contribution in [0, 0.1) is 0 Å². The molecule has 3 nitrogen and oxygen atoms in total. The summed E-state index contributed by atoms with van der Waals surface area (Å²) in [5.74, 6) is 1.38. The molecule has 0 N–H and O–H groups in total. The molecule has 98 valence electrons. The van der Waals surface area contributed by atoms with E-state index >= 15 is 0 Å². The van der Waals surface area contributed by atoms with Crippen molar-refractivity contribution in [3.05, 3.63) is 27.7 Å². The average molecular weight is 313 g/mol. The first-order valence-corrected chi connectivity index (χ1v) is 6.48. The van der Waals surface area contributed by atoms with Crippen LogP contribution in [-0.2, 0) is 4.79 Å². The van der Waals surface area contributed by atoms with Crippen LogP contribution in [0.15, 0.2) is 22.2 Å². The van der Waals surface area contributed by atoms with Gasteiger partial charge in [-0.3, -0.25) is 4.79 Å². The normalized spacial score (nSPS) is 11.3. The molecular weight excluding hydrogens is 296 g/mol. The molecule has 0 heterocycles. The second kappa shape index (κ2) is 6.59. The van der Waals surface area contributed by atoms with Crippen LogP contribution in [0.2, 0.25) is 0 Å². The second-order valence-electron chi connectivity index (χ2n) is 3.85. The standard InChI is InChI=1S/C14H17BrO3/c1-5-18-14-12(15)7-11(8-13(14)17-4)6-9(2)10(3)16/h6-8H,5H2,1-4H3/b9-6-. The van der Waals surface area contributed by atoms with E-state index in [2.05, 4.69) is 15.9 Å². The van der Waals surface area contributed by atoms with Crippen molar-refractivity contribution in [1.29, 1.82) is 0 Å². The molecule has 0 radical (unpaired) electrons. The molecular formula is C14H17BrO3. The minimum Gasteiger partial charge on any atom is -0.493 e. The molecule has 4 heteroatoms. The summed E-state index contributed by atoms with van der Waals surface area (Å²) in [4.78, 5) is 11.2. The summed E-state index contributed by atoms with van der Waals surface area (Å²) in [6, 6.07) is 3.75. The Balaban J connectivity index is 3.22. The SMILES string of the molecule is CCOc1c(Br)cc(/C=C(/C)C(C)=O)cc1OC. The molecule has 1 rings (SSSR count). The van der Waals surface area contributed by atoms with Gasteiger partial charge in [0.1, 0.15) is 0 Å². The molecule has 0 aliphatic heterocycles. The van der Waals surface area contributed by atoms with Crippen LogP contribution in [0.1, 0.15) is 26.3 Å². The fourth-order valence-corrected chi connectivity index (χ4v) is 2.03. The van der Waals surface area contributed by atoms with Crippen LogP contribution in [0.5, 0.6) is 11.5 Å². The summed E-state index contributed by atoms with van der Waals surface area (Å²) in [5, 5.41) is 0. The Morgan fingerprint density at radius 3 is 2.56 bits per heavy atom. The lowest BCUT2D eigenvalue weighted by atomic mass is 10.1. The molecule has 0 aliphatic carbocycles. The maximum atomic E-state index is 11.2. The number of hydrogen-bond donors (Lipinski definition) is 0. The van der Waals surface area contributed by atoms with Gasteiger partial charge < -0.3 is 9.47 Å². The van der Waals surface area contributed by atoms with Crippen LogP contribution in [0.4, 0.5) is 0 Å². The quantitative estimate of drug-likeness (QED) is 0.775. The number of benzene rings is 1. The van der Waals surface area contributed by atoms with E-state index in [0.717, 1.165) is 10.0 Å². The van der Waals surface area contributed by atoms with Gasteiger partial charge in [-0.2, -0.15) is 0 Å². The molecule has 1 aromatic carbocycles. The number of allylic oxidation sites excluding steroid dienone is 1. The number of carbonyl (C=O) groups excluding carboxylic acids is 1. The fourth-order valence-electron chi connectivity index (χ4n) is 1.46. The lowest BCUT2D eigenvalue weighted by molar-refractivity contribution is -0.113. The Morgan fingerprint density at radius 1 is 1.39 bits per heavy atom. The predicted octanol–water partition coefficient (Wildman–Crippen LogP) is 3.85. The maximum absolute atomic E-state index is 11.2. The first-order chi connectivity index (χ1) is 8.49. The van der Waals surface area contributed by atoms with Gasteiger partial charge in [-0.05, 0) is 66.0 Å². The zero-order valence-electron chi connectivity index (χ0n) is 11.0. The second-order valence-corrected chi connectivity index (χ2v) is 4.70. The van der Waals surface area contributed by atoms with E-state index in [1.807, 2.05) is 25.1 Å². The van der Waals surface area contributed by atoms with Crippen molar-refractivity contribution in [2.24, 2.45) is 0 Å². The van der Waals surface area contributed by atoms with Gasteiger partial charge in [0.25, 0.3) is 0 Å². The topological polar surface area (TPSA) is 35.5 Å². The van der Waals surface area contributed by atoms with Gasteiger partial charge in [0.2, 0.25) is 0 Å².